The molecule has 36 heavy (non-hydrogen) atoms. The number of rotatable bonds is 13. The fourth-order valence-corrected chi connectivity index (χ4v) is 6.00. The lowest BCUT2D eigenvalue weighted by Gasteiger charge is -2.31. The molecule has 3 rings (SSSR count). The number of methoxy groups -OCH3 is 3. The second-order valence-electron chi connectivity index (χ2n) is 7.45. The standard InChI is InChI=1S/C24H28Cl2N3O6P/c1-32-18-13-20-24(21(14-18)33-2)22(15-19(28-20)17-7-5-4-6-8-17)35-36(31,27-16-23(30)34-3)29(11-9-25)12-10-26/h4-8,13-15H,9-12,16H2,1-3H3,(H,27,31). The van der Waals surface area contributed by atoms with Crippen LogP contribution in [-0.4, -0.2) is 68.3 Å². The van der Waals surface area contributed by atoms with Gasteiger partial charge in [-0.3, -0.25) is 4.79 Å². The van der Waals surface area contributed by atoms with Gasteiger partial charge in [-0.2, -0.15) is 0 Å². The van der Waals surface area contributed by atoms with Gasteiger partial charge in [-0.15, -0.1) is 23.2 Å². The van der Waals surface area contributed by atoms with E-state index in [1.807, 2.05) is 30.3 Å². The fraction of sp³-hybridized carbons (Fsp3) is 0.333. The first-order chi connectivity index (χ1) is 17.4. The summed E-state index contributed by atoms with van der Waals surface area (Å²) in [6.07, 6.45) is 0. The van der Waals surface area contributed by atoms with Gasteiger partial charge in [-0.25, -0.2) is 19.3 Å². The van der Waals surface area contributed by atoms with E-state index in [0.717, 1.165) is 5.56 Å². The molecule has 12 heteroatoms. The molecular formula is C24H28Cl2N3O6P. The van der Waals surface area contributed by atoms with Crippen LogP contribution in [-0.2, 0) is 14.1 Å². The maximum absolute atomic E-state index is 14.3. The van der Waals surface area contributed by atoms with Crippen molar-refractivity contribution in [2.24, 2.45) is 0 Å². The van der Waals surface area contributed by atoms with E-state index in [0.29, 0.717) is 28.1 Å². The molecule has 0 radical (unpaired) electrons. The highest BCUT2D eigenvalue weighted by Gasteiger charge is 2.35. The lowest BCUT2D eigenvalue weighted by Crippen LogP contribution is -2.36. The smallest absolute Gasteiger partial charge is 0.393 e. The number of aromatic nitrogens is 1. The second-order valence-corrected chi connectivity index (χ2v) is 10.3. The van der Waals surface area contributed by atoms with Gasteiger partial charge in [-0.1, -0.05) is 30.3 Å². The highest BCUT2D eigenvalue weighted by atomic mass is 35.5. The number of carbonyl (C=O) groups excluding carboxylic acids is 1. The Bertz CT molecular complexity index is 1230. The van der Waals surface area contributed by atoms with Crippen LogP contribution >= 0.6 is 30.9 Å². The van der Waals surface area contributed by atoms with Gasteiger partial charge in [0.05, 0.1) is 37.9 Å². The predicted molar refractivity (Wildman–Crippen MR) is 142 cm³/mol. The summed E-state index contributed by atoms with van der Waals surface area (Å²) in [6, 6.07) is 14.6. The van der Waals surface area contributed by atoms with E-state index in [2.05, 4.69) is 5.09 Å². The quantitative estimate of drug-likeness (QED) is 0.178. The van der Waals surface area contributed by atoms with Crippen molar-refractivity contribution in [1.29, 1.82) is 0 Å². The summed E-state index contributed by atoms with van der Waals surface area (Å²) in [5.41, 5.74) is 1.90. The van der Waals surface area contributed by atoms with E-state index in [1.165, 1.54) is 18.9 Å². The monoisotopic (exact) mass is 555 g/mol. The number of pyridine rings is 1. The maximum atomic E-state index is 14.3. The van der Waals surface area contributed by atoms with Crippen molar-refractivity contribution in [3.05, 3.63) is 48.5 Å². The Balaban J connectivity index is 2.23. The largest absolute Gasteiger partial charge is 0.497 e. The molecule has 1 unspecified atom stereocenters. The van der Waals surface area contributed by atoms with Crippen LogP contribution in [0.5, 0.6) is 17.2 Å². The maximum Gasteiger partial charge on any atom is 0.393 e. The number of alkyl halides is 2. The van der Waals surface area contributed by atoms with Crippen molar-refractivity contribution in [3.8, 4) is 28.5 Å². The summed E-state index contributed by atoms with van der Waals surface area (Å²) in [4.78, 5) is 16.7. The average Bonchev–Trinajstić information content (AvgIpc) is 2.91. The first-order valence-electron chi connectivity index (χ1n) is 11.0. The number of carbonyl (C=O) groups is 1. The highest BCUT2D eigenvalue weighted by molar-refractivity contribution is 7.54. The number of hydrogen-bond donors (Lipinski definition) is 1. The summed E-state index contributed by atoms with van der Waals surface area (Å²) in [7, 11) is 0.372. The Morgan fingerprint density at radius 2 is 1.69 bits per heavy atom. The van der Waals surface area contributed by atoms with Gasteiger partial charge in [0.1, 0.15) is 23.8 Å². The van der Waals surface area contributed by atoms with Crippen LogP contribution in [0.15, 0.2) is 48.5 Å². The minimum absolute atomic E-state index is 0.164. The molecule has 0 aliphatic carbocycles. The van der Waals surface area contributed by atoms with Gasteiger partial charge in [0.25, 0.3) is 0 Å². The Kier molecular flexibility index (Phi) is 10.2. The van der Waals surface area contributed by atoms with E-state index < -0.39 is 13.6 Å². The molecule has 0 aliphatic heterocycles. The van der Waals surface area contributed by atoms with E-state index in [9.17, 15) is 9.36 Å². The fourth-order valence-electron chi connectivity index (χ4n) is 3.51. The second kappa shape index (κ2) is 13.1. The van der Waals surface area contributed by atoms with Crippen LogP contribution in [0.1, 0.15) is 0 Å². The third kappa shape index (κ3) is 6.60. The molecule has 2 aromatic carbocycles. The van der Waals surface area contributed by atoms with Crippen LogP contribution in [0.25, 0.3) is 22.2 Å². The van der Waals surface area contributed by atoms with Crippen molar-refractivity contribution < 1.29 is 28.1 Å². The summed E-state index contributed by atoms with van der Waals surface area (Å²) < 4.78 is 37.7. The zero-order chi connectivity index (χ0) is 26.1. The Labute approximate surface area is 220 Å². The first kappa shape index (κ1) is 28.0. The molecule has 1 heterocycles. The number of halogens is 2. The van der Waals surface area contributed by atoms with Gasteiger partial charge in [0, 0.05) is 48.6 Å². The molecule has 9 nitrogen and oxygen atoms in total. The predicted octanol–water partition coefficient (Wildman–Crippen LogP) is 4.95. The first-order valence-corrected chi connectivity index (χ1v) is 13.6. The highest BCUT2D eigenvalue weighted by Crippen LogP contribution is 2.50. The van der Waals surface area contributed by atoms with Gasteiger partial charge < -0.3 is 18.7 Å². The van der Waals surface area contributed by atoms with E-state index in [-0.39, 0.29) is 37.1 Å². The summed E-state index contributed by atoms with van der Waals surface area (Å²) in [5, 5.41) is 3.21. The molecule has 1 atom stereocenters. The molecule has 0 fully saturated rings. The SMILES string of the molecule is COC(=O)CNP(=O)(Oc1cc(-c2ccccc2)nc2cc(OC)cc(OC)c12)N(CCCl)CCCl. The molecule has 1 aromatic heterocycles. The van der Waals surface area contributed by atoms with Gasteiger partial charge in [0.2, 0.25) is 0 Å². The van der Waals surface area contributed by atoms with Crippen molar-refractivity contribution >= 4 is 47.7 Å². The third-order valence-corrected chi connectivity index (χ3v) is 7.75. The molecule has 0 aliphatic rings. The number of benzene rings is 2. The molecule has 0 bridgehead atoms. The average molecular weight is 556 g/mol. The molecule has 3 aromatic rings. The lowest BCUT2D eigenvalue weighted by atomic mass is 10.1. The number of ether oxygens (including phenoxy) is 3. The lowest BCUT2D eigenvalue weighted by molar-refractivity contribution is -0.139. The molecule has 194 valence electrons. The summed E-state index contributed by atoms with van der Waals surface area (Å²) >= 11 is 12.0. The molecule has 0 saturated carbocycles. The summed E-state index contributed by atoms with van der Waals surface area (Å²) in [5.74, 6) is 0.886. The molecular weight excluding hydrogens is 528 g/mol. The number of hydrogen-bond acceptors (Lipinski definition) is 7. The van der Waals surface area contributed by atoms with Gasteiger partial charge in [-0.05, 0) is 0 Å². The minimum atomic E-state index is -3.92. The van der Waals surface area contributed by atoms with Gasteiger partial charge in [0.15, 0.2) is 0 Å². The molecule has 0 spiro atoms. The number of esters is 1. The van der Waals surface area contributed by atoms with Crippen LogP contribution in [0.2, 0.25) is 0 Å². The molecule has 0 amide bonds. The molecule has 0 saturated heterocycles. The van der Waals surface area contributed by atoms with Crippen molar-refractivity contribution in [3.63, 3.8) is 0 Å². The third-order valence-electron chi connectivity index (χ3n) is 5.27. The Hall–Kier alpha value is -2.55. The Morgan fingerprint density at radius 1 is 1.00 bits per heavy atom. The van der Waals surface area contributed by atoms with Crippen molar-refractivity contribution in [1.82, 2.24) is 14.7 Å². The van der Waals surface area contributed by atoms with Crippen LogP contribution in [0, 0.1) is 0 Å². The van der Waals surface area contributed by atoms with Crippen molar-refractivity contribution in [2.75, 3.05) is 52.7 Å². The Morgan fingerprint density at radius 3 is 2.28 bits per heavy atom. The minimum Gasteiger partial charge on any atom is -0.497 e. The van der Waals surface area contributed by atoms with E-state index >= 15 is 0 Å². The van der Waals surface area contributed by atoms with Crippen LogP contribution in [0.3, 0.4) is 0 Å². The van der Waals surface area contributed by atoms with Gasteiger partial charge >= 0.3 is 13.6 Å². The topological polar surface area (TPSA) is 99.2 Å². The zero-order valence-corrected chi connectivity index (χ0v) is 22.6. The summed E-state index contributed by atoms with van der Waals surface area (Å²) in [6.45, 7) is 0.0346. The zero-order valence-electron chi connectivity index (χ0n) is 20.2. The van der Waals surface area contributed by atoms with Crippen LogP contribution in [0.4, 0.5) is 0 Å². The number of fused-ring (bicyclic) bond motifs is 1. The number of nitrogens with one attached hydrogen (secondary N) is 1. The van der Waals surface area contributed by atoms with E-state index in [4.69, 9.17) is 46.9 Å². The molecule has 1 N–H and O–H groups in total. The van der Waals surface area contributed by atoms with Crippen LogP contribution < -0.4 is 19.1 Å². The number of nitrogens with zero attached hydrogens (tertiary/aromatic N) is 2. The van der Waals surface area contributed by atoms with E-state index in [1.54, 1.807) is 25.3 Å². The van der Waals surface area contributed by atoms with Crippen molar-refractivity contribution in [2.45, 2.75) is 0 Å². The normalized spacial score (nSPS) is 12.8.